The highest BCUT2D eigenvalue weighted by molar-refractivity contribution is 5.49. The largest absolute Gasteiger partial charge is 0.439 e. The quantitative estimate of drug-likeness (QED) is 0.800. The van der Waals surface area contributed by atoms with Crippen LogP contribution in [-0.2, 0) is 4.79 Å². The number of nitrogens with zero attached hydrogens (tertiary/aromatic N) is 2. The lowest BCUT2D eigenvalue weighted by molar-refractivity contribution is -0.118. The van der Waals surface area contributed by atoms with Gasteiger partial charge in [-0.1, -0.05) is 24.3 Å². The number of rotatable bonds is 4. The molecule has 2 aromatic rings. The number of ether oxygens (including phenoxy) is 1. The molecule has 4 heteroatoms. The molecular formula is C16H16N2O2. The van der Waals surface area contributed by atoms with E-state index in [0.29, 0.717) is 5.88 Å². The van der Waals surface area contributed by atoms with Crippen molar-refractivity contribution in [2.45, 2.75) is 18.9 Å². The molecule has 1 aliphatic rings. The molecule has 0 aliphatic carbocycles. The number of amides is 1. The second-order valence-corrected chi connectivity index (χ2v) is 4.85. The minimum Gasteiger partial charge on any atom is -0.439 e. The van der Waals surface area contributed by atoms with Gasteiger partial charge in [0.1, 0.15) is 5.75 Å². The maximum absolute atomic E-state index is 11.0. The van der Waals surface area contributed by atoms with Crippen LogP contribution in [-0.4, -0.2) is 22.8 Å². The molecule has 2 heterocycles. The standard InChI is InChI=1S/C16H16N2O2/c19-12-18-10-4-7-15(18)13-8-9-16(17-11-13)20-14-5-2-1-3-6-14/h1-3,5-6,8-9,11-12,15H,4,7,10H2. The average Bonchev–Trinajstić information content (AvgIpc) is 2.98. The van der Waals surface area contributed by atoms with Crippen LogP contribution in [0.2, 0.25) is 0 Å². The summed E-state index contributed by atoms with van der Waals surface area (Å²) < 4.78 is 5.65. The summed E-state index contributed by atoms with van der Waals surface area (Å²) in [5.41, 5.74) is 1.06. The highest BCUT2D eigenvalue weighted by Crippen LogP contribution is 2.31. The fourth-order valence-corrected chi connectivity index (χ4v) is 2.53. The molecule has 1 amide bonds. The summed E-state index contributed by atoms with van der Waals surface area (Å²) in [6.45, 7) is 0.830. The smallest absolute Gasteiger partial charge is 0.219 e. The topological polar surface area (TPSA) is 42.4 Å². The van der Waals surface area contributed by atoms with Crippen molar-refractivity contribution in [3.05, 3.63) is 54.2 Å². The third-order valence-corrected chi connectivity index (χ3v) is 3.54. The first-order valence-electron chi connectivity index (χ1n) is 6.77. The molecule has 0 radical (unpaired) electrons. The second kappa shape index (κ2) is 5.74. The first kappa shape index (κ1) is 12.7. The van der Waals surface area contributed by atoms with E-state index in [1.54, 1.807) is 6.20 Å². The minimum absolute atomic E-state index is 0.158. The van der Waals surface area contributed by atoms with Gasteiger partial charge >= 0.3 is 0 Å². The number of pyridine rings is 1. The Labute approximate surface area is 118 Å². The normalized spacial score (nSPS) is 18.0. The molecule has 1 saturated heterocycles. The number of carbonyl (C=O) groups is 1. The molecule has 0 N–H and O–H groups in total. The number of benzene rings is 1. The third-order valence-electron chi connectivity index (χ3n) is 3.54. The van der Waals surface area contributed by atoms with Crippen LogP contribution < -0.4 is 4.74 Å². The van der Waals surface area contributed by atoms with E-state index in [2.05, 4.69) is 4.98 Å². The lowest BCUT2D eigenvalue weighted by Gasteiger charge is -2.19. The van der Waals surface area contributed by atoms with E-state index in [-0.39, 0.29) is 6.04 Å². The summed E-state index contributed by atoms with van der Waals surface area (Å²) >= 11 is 0. The summed E-state index contributed by atoms with van der Waals surface area (Å²) in [5.74, 6) is 1.33. The zero-order valence-corrected chi connectivity index (χ0v) is 11.1. The van der Waals surface area contributed by atoms with Gasteiger partial charge in [-0.15, -0.1) is 0 Å². The van der Waals surface area contributed by atoms with Gasteiger partial charge in [-0.3, -0.25) is 4.79 Å². The van der Waals surface area contributed by atoms with Gasteiger partial charge in [-0.25, -0.2) is 4.98 Å². The number of carbonyl (C=O) groups excluding carboxylic acids is 1. The predicted octanol–water partition coefficient (Wildman–Crippen LogP) is 3.17. The van der Waals surface area contributed by atoms with Crippen LogP contribution in [0.15, 0.2) is 48.7 Å². The van der Waals surface area contributed by atoms with Crippen molar-refractivity contribution in [1.82, 2.24) is 9.88 Å². The lowest BCUT2D eigenvalue weighted by atomic mass is 10.1. The molecule has 1 aliphatic heterocycles. The van der Waals surface area contributed by atoms with E-state index < -0.39 is 0 Å². The van der Waals surface area contributed by atoms with E-state index in [1.807, 2.05) is 47.4 Å². The van der Waals surface area contributed by atoms with E-state index in [9.17, 15) is 4.79 Å². The molecule has 3 rings (SSSR count). The Morgan fingerprint density at radius 2 is 2.05 bits per heavy atom. The van der Waals surface area contributed by atoms with Crippen LogP contribution in [0.5, 0.6) is 11.6 Å². The van der Waals surface area contributed by atoms with E-state index in [4.69, 9.17) is 4.74 Å². The molecule has 0 bridgehead atoms. The van der Waals surface area contributed by atoms with Crippen molar-refractivity contribution in [3.63, 3.8) is 0 Å². The maximum Gasteiger partial charge on any atom is 0.219 e. The summed E-state index contributed by atoms with van der Waals surface area (Å²) in [4.78, 5) is 17.1. The summed E-state index contributed by atoms with van der Waals surface area (Å²) in [7, 11) is 0. The van der Waals surface area contributed by atoms with Gasteiger partial charge in [0.25, 0.3) is 0 Å². The number of para-hydroxylation sites is 1. The monoisotopic (exact) mass is 268 g/mol. The molecule has 0 saturated carbocycles. The Bertz CT molecular complexity index is 569. The summed E-state index contributed by atoms with van der Waals surface area (Å²) in [6, 6.07) is 13.6. The van der Waals surface area contributed by atoms with E-state index in [1.165, 1.54) is 0 Å². The van der Waals surface area contributed by atoms with Crippen LogP contribution >= 0.6 is 0 Å². The number of hydrogen-bond donors (Lipinski definition) is 0. The van der Waals surface area contributed by atoms with Crippen LogP contribution in [0.1, 0.15) is 24.4 Å². The molecule has 1 atom stereocenters. The Kier molecular flexibility index (Phi) is 3.63. The van der Waals surface area contributed by atoms with E-state index in [0.717, 1.165) is 37.1 Å². The van der Waals surface area contributed by atoms with Crippen molar-refractivity contribution in [2.75, 3.05) is 6.54 Å². The predicted molar refractivity (Wildman–Crippen MR) is 75.5 cm³/mol. The van der Waals surface area contributed by atoms with Crippen molar-refractivity contribution in [1.29, 1.82) is 0 Å². The second-order valence-electron chi connectivity index (χ2n) is 4.85. The van der Waals surface area contributed by atoms with Crippen molar-refractivity contribution in [2.24, 2.45) is 0 Å². The zero-order chi connectivity index (χ0) is 13.8. The fourth-order valence-electron chi connectivity index (χ4n) is 2.53. The Morgan fingerprint density at radius 1 is 1.20 bits per heavy atom. The summed E-state index contributed by atoms with van der Waals surface area (Å²) in [6.07, 6.45) is 4.77. The van der Waals surface area contributed by atoms with Crippen LogP contribution in [0.3, 0.4) is 0 Å². The number of aromatic nitrogens is 1. The SMILES string of the molecule is O=CN1CCCC1c1ccc(Oc2ccccc2)nc1. The first-order valence-corrected chi connectivity index (χ1v) is 6.77. The molecular weight excluding hydrogens is 252 g/mol. The lowest BCUT2D eigenvalue weighted by Crippen LogP contribution is -2.21. The molecule has 1 aromatic carbocycles. The summed E-state index contributed by atoms with van der Waals surface area (Å²) in [5, 5.41) is 0. The van der Waals surface area contributed by atoms with Crippen molar-refractivity contribution in [3.8, 4) is 11.6 Å². The molecule has 20 heavy (non-hydrogen) atoms. The average molecular weight is 268 g/mol. The highest BCUT2D eigenvalue weighted by Gasteiger charge is 2.24. The van der Waals surface area contributed by atoms with Crippen LogP contribution in [0, 0.1) is 0 Å². The van der Waals surface area contributed by atoms with Crippen molar-refractivity contribution >= 4 is 6.41 Å². The Hall–Kier alpha value is -2.36. The van der Waals surface area contributed by atoms with Gasteiger partial charge in [0, 0.05) is 18.8 Å². The van der Waals surface area contributed by atoms with Crippen LogP contribution in [0.25, 0.3) is 0 Å². The third kappa shape index (κ3) is 2.64. The maximum atomic E-state index is 11.0. The fraction of sp³-hybridized carbons (Fsp3) is 0.250. The number of hydrogen-bond acceptors (Lipinski definition) is 3. The van der Waals surface area contributed by atoms with Gasteiger partial charge in [-0.2, -0.15) is 0 Å². The molecule has 4 nitrogen and oxygen atoms in total. The Morgan fingerprint density at radius 3 is 2.75 bits per heavy atom. The first-order chi connectivity index (χ1) is 9.86. The molecule has 1 aromatic heterocycles. The van der Waals surface area contributed by atoms with E-state index >= 15 is 0 Å². The minimum atomic E-state index is 0.158. The number of likely N-dealkylation sites (tertiary alicyclic amines) is 1. The van der Waals surface area contributed by atoms with Gasteiger partial charge < -0.3 is 9.64 Å². The molecule has 102 valence electrons. The van der Waals surface area contributed by atoms with Gasteiger partial charge in [0.2, 0.25) is 12.3 Å². The molecule has 1 unspecified atom stereocenters. The van der Waals surface area contributed by atoms with Gasteiger partial charge in [-0.05, 0) is 30.5 Å². The Balaban J connectivity index is 1.73. The highest BCUT2D eigenvalue weighted by atomic mass is 16.5. The van der Waals surface area contributed by atoms with Crippen LogP contribution in [0.4, 0.5) is 0 Å². The van der Waals surface area contributed by atoms with Gasteiger partial charge in [0.15, 0.2) is 0 Å². The van der Waals surface area contributed by atoms with Crippen molar-refractivity contribution < 1.29 is 9.53 Å². The molecule has 1 fully saturated rings. The molecule has 0 spiro atoms. The van der Waals surface area contributed by atoms with Gasteiger partial charge in [0.05, 0.1) is 6.04 Å². The zero-order valence-electron chi connectivity index (χ0n) is 11.1.